The maximum Gasteiger partial charge on any atom is 0.331 e. The summed E-state index contributed by atoms with van der Waals surface area (Å²) in [6, 6.07) is 17.4. The molecule has 0 unspecified atom stereocenters. The zero-order chi connectivity index (χ0) is 28.6. The van der Waals surface area contributed by atoms with Crippen LogP contribution in [0.5, 0.6) is 23.0 Å². The normalized spacial score (nSPS) is 14.1. The number of para-hydroxylation sites is 2. The van der Waals surface area contributed by atoms with Gasteiger partial charge in [-0.15, -0.1) is 0 Å². The van der Waals surface area contributed by atoms with Crippen LogP contribution in [-0.2, 0) is 9.59 Å². The molecule has 3 amide bonds. The first-order valence-corrected chi connectivity index (χ1v) is 12.5. The van der Waals surface area contributed by atoms with Crippen LogP contribution in [-0.4, -0.2) is 60.0 Å². The van der Waals surface area contributed by atoms with Crippen molar-refractivity contribution in [2.24, 2.45) is 5.10 Å². The van der Waals surface area contributed by atoms with E-state index in [1.165, 1.54) is 44.7 Å². The summed E-state index contributed by atoms with van der Waals surface area (Å²) in [6.45, 7) is -0.608. The number of hydrogen-bond acceptors (Lipinski definition) is 10. The number of phenols is 1. The number of nitrogens with one attached hydrogen (secondary N) is 1. The lowest BCUT2D eigenvalue weighted by molar-refractivity contribution is -0.138. The Balaban J connectivity index is 1.41. The van der Waals surface area contributed by atoms with Gasteiger partial charge in [-0.3, -0.25) is 19.3 Å². The van der Waals surface area contributed by atoms with Crippen LogP contribution in [0, 0.1) is 0 Å². The summed E-state index contributed by atoms with van der Waals surface area (Å²) in [5, 5.41) is 13.0. The Morgan fingerprint density at radius 3 is 2.45 bits per heavy atom. The van der Waals surface area contributed by atoms with Crippen LogP contribution in [0.4, 0.5) is 4.79 Å². The fraction of sp³-hybridized carbons (Fsp3) is 0.107. The van der Waals surface area contributed by atoms with Gasteiger partial charge in [-0.25, -0.2) is 10.2 Å². The Hall–Kier alpha value is -5.10. The molecule has 3 aromatic carbocycles. The quantitative estimate of drug-likeness (QED) is 0.131. The van der Waals surface area contributed by atoms with Gasteiger partial charge in [-0.2, -0.15) is 5.10 Å². The fourth-order valence-electron chi connectivity index (χ4n) is 3.58. The number of hydrogen-bond donors (Lipinski definition) is 2. The number of ether oxygens (including phenoxy) is 3. The Bertz CT molecular complexity index is 1540. The lowest BCUT2D eigenvalue weighted by Crippen LogP contribution is -2.35. The number of hydrazone groups is 1. The summed E-state index contributed by atoms with van der Waals surface area (Å²) in [6.07, 6.45) is 2.78. The van der Waals surface area contributed by atoms with E-state index >= 15 is 0 Å². The van der Waals surface area contributed by atoms with E-state index in [-0.39, 0.29) is 22.0 Å². The maximum atomic E-state index is 12.9. The zero-order valence-electron chi connectivity index (χ0n) is 21.3. The molecule has 1 aliphatic heterocycles. The molecule has 0 spiro atoms. The number of aromatic hydroxyl groups is 1. The van der Waals surface area contributed by atoms with E-state index in [0.29, 0.717) is 34.4 Å². The molecule has 1 aliphatic rings. The van der Waals surface area contributed by atoms with E-state index in [0.717, 1.165) is 4.90 Å². The van der Waals surface area contributed by atoms with Crippen LogP contribution in [0.1, 0.15) is 21.5 Å². The van der Waals surface area contributed by atoms with Gasteiger partial charge in [-0.1, -0.05) is 30.3 Å². The van der Waals surface area contributed by atoms with Gasteiger partial charge in [0.1, 0.15) is 18.0 Å². The molecule has 0 bridgehead atoms. The Morgan fingerprint density at radius 1 is 0.975 bits per heavy atom. The average Bonchev–Trinajstić information content (AvgIpc) is 3.21. The maximum absolute atomic E-state index is 12.9. The summed E-state index contributed by atoms with van der Waals surface area (Å²) < 4.78 is 15.9. The predicted octanol–water partition coefficient (Wildman–Crippen LogP) is 3.82. The molecule has 12 heteroatoms. The van der Waals surface area contributed by atoms with Gasteiger partial charge < -0.3 is 19.3 Å². The number of carbonyl (C=O) groups excluding carboxylic acids is 4. The molecule has 0 atom stereocenters. The number of nitrogens with zero attached hydrogens (tertiary/aromatic N) is 2. The number of esters is 1. The number of phenolic OH excluding ortho intramolecular Hbond substituents is 1. The topological polar surface area (TPSA) is 144 Å². The second kappa shape index (κ2) is 12.6. The van der Waals surface area contributed by atoms with Crippen LogP contribution in [0.15, 0.2) is 76.7 Å². The van der Waals surface area contributed by atoms with E-state index < -0.39 is 29.6 Å². The molecular weight excluding hydrogens is 538 g/mol. The van der Waals surface area contributed by atoms with Crippen molar-refractivity contribution in [2.45, 2.75) is 0 Å². The van der Waals surface area contributed by atoms with Crippen molar-refractivity contribution in [3.8, 4) is 23.0 Å². The summed E-state index contributed by atoms with van der Waals surface area (Å²) in [5.74, 6) is -1.25. The number of benzene rings is 3. The Kier molecular flexibility index (Phi) is 8.82. The molecule has 1 saturated heterocycles. The van der Waals surface area contributed by atoms with Crippen molar-refractivity contribution in [3.05, 3.63) is 88.3 Å². The van der Waals surface area contributed by atoms with Crippen molar-refractivity contribution < 1.29 is 38.5 Å². The van der Waals surface area contributed by atoms with Gasteiger partial charge in [0.15, 0.2) is 11.5 Å². The smallest absolute Gasteiger partial charge is 0.331 e. The highest BCUT2D eigenvalue weighted by atomic mass is 32.2. The molecule has 0 aliphatic carbocycles. The third-order valence-electron chi connectivity index (χ3n) is 5.53. The van der Waals surface area contributed by atoms with Gasteiger partial charge in [-0.05, 0) is 59.8 Å². The van der Waals surface area contributed by atoms with Crippen LogP contribution in [0.25, 0.3) is 6.08 Å². The summed E-state index contributed by atoms with van der Waals surface area (Å²) >= 11 is 0.704. The van der Waals surface area contributed by atoms with E-state index in [1.807, 2.05) is 0 Å². The molecule has 4 rings (SSSR count). The Morgan fingerprint density at radius 2 is 1.70 bits per heavy atom. The molecule has 1 heterocycles. The molecule has 0 radical (unpaired) electrons. The minimum Gasteiger partial charge on any atom is -0.507 e. The first-order chi connectivity index (χ1) is 19.3. The van der Waals surface area contributed by atoms with Crippen molar-refractivity contribution >= 4 is 47.1 Å². The molecule has 204 valence electrons. The standard InChI is InChI=1S/C28H23N3O8S/c1-37-22-12-11-17(13-23(22)38-2)14-24-27(35)31(28(36)40-24)16-25(33)39-21-10-6-3-7-18(21)15-29-30-26(34)19-8-4-5-9-20(19)32/h3-15,32H,16H2,1-2H3,(H,30,34)/b24-14-,29-15-. The summed E-state index contributed by atoms with van der Waals surface area (Å²) in [5.41, 5.74) is 3.27. The number of amides is 3. The van der Waals surface area contributed by atoms with Crippen LogP contribution >= 0.6 is 11.8 Å². The lowest BCUT2D eigenvalue weighted by Gasteiger charge is -2.12. The lowest BCUT2D eigenvalue weighted by atomic mass is 10.2. The highest BCUT2D eigenvalue weighted by Gasteiger charge is 2.37. The van der Waals surface area contributed by atoms with E-state index in [2.05, 4.69) is 10.5 Å². The van der Waals surface area contributed by atoms with Crippen molar-refractivity contribution in [3.63, 3.8) is 0 Å². The van der Waals surface area contributed by atoms with Crippen LogP contribution < -0.4 is 19.6 Å². The van der Waals surface area contributed by atoms with Crippen LogP contribution in [0.3, 0.4) is 0 Å². The highest BCUT2D eigenvalue weighted by Crippen LogP contribution is 2.34. The first-order valence-electron chi connectivity index (χ1n) is 11.7. The summed E-state index contributed by atoms with van der Waals surface area (Å²) in [4.78, 5) is 51.2. The van der Waals surface area contributed by atoms with Crippen molar-refractivity contribution in [1.82, 2.24) is 10.3 Å². The van der Waals surface area contributed by atoms with E-state index in [1.54, 1.807) is 48.5 Å². The number of rotatable bonds is 9. The minimum absolute atomic E-state index is 0.0386. The predicted molar refractivity (Wildman–Crippen MR) is 147 cm³/mol. The zero-order valence-corrected chi connectivity index (χ0v) is 22.1. The number of imide groups is 1. The molecular formula is C28H23N3O8S. The third kappa shape index (κ3) is 6.48. The van der Waals surface area contributed by atoms with Gasteiger partial charge in [0.05, 0.1) is 30.9 Å². The molecule has 40 heavy (non-hydrogen) atoms. The highest BCUT2D eigenvalue weighted by molar-refractivity contribution is 8.18. The van der Waals surface area contributed by atoms with Crippen molar-refractivity contribution in [1.29, 1.82) is 0 Å². The fourth-order valence-corrected chi connectivity index (χ4v) is 4.42. The first kappa shape index (κ1) is 27.9. The molecule has 3 aromatic rings. The SMILES string of the molecule is COc1ccc(/C=C2\SC(=O)N(CC(=O)Oc3ccccc3/C=N\NC(=O)c3ccccc3O)C2=O)cc1OC. The third-order valence-corrected chi connectivity index (χ3v) is 6.43. The number of carbonyl (C=O) groups is 4. The molecule has 11 nitrogen and oxygen atoms in total. The van der Waals surface area contributed by atoms with Gasteiger partial charge in [0.2, 0.25) is 0 Å². The van der Waals surface area contributed by atoms with Crippen LogP contribution in [0.2, 0.25) is 0 Å². The van der Waals surface area contributed by atoms with Crippen molar-refractivity contribution in [2.75, 3.05) is 20.8 Å². The summed E-state index contributed by atoms with van der Waals surface area (Å²) in [7, 11) is 2.99. The molecule has 0 saturated carbocycles. The average molecular weight is 562 g/mol. The number of thioether (sulfide) groups is 1. The van der Waals surface area contributed by atoms with Gasteiger partial charge >= 0.3 is 5.97 Å². The molecule has 1 fully saturated rings. The van der Waals surface area contributed by atoms with Gasteiger partial charge in [0, 0.05) is 5.56 Å². The van der Waals surface area contributed by atoms with Gasteiger partial charge in [0.25, 0.3) is 17.1 Å². The minimum atomic E-state index is -0.853. The van der Waals surface area contributed by atoms with E-state index in [9.17, 15) is 24.3 Å². The Labute approximate surface area is 233 Å². The molecule has 2 N–H and O–H groups in total. The molecule has 0 aromatic heterocycles. The monoisotopic (exact) mass is 561 g/mol. The van der Waals surface area contributed by atoms with E-state index in [4.69, 9.17) is 14.2 Å². The second-order valence-electron chi connectivity index (χ2n) is 8.11. The second-order valence-corrected chi connectivity index (χ2v) is 9.10. The largest absolute Gasteiger partial charge is 0.507 e. The number of methoxy groups -OCH3 is 2.